The van der Waals surface area contributed by atoms with Gasteiger partial charge in [-0.25, -0.2) is 4.79 Å². The van der Waals surface area contributed by atoms with Gasteiger partial charge in [0, 0.05) is 12.0 Å². The molecular formula is C22H29N2O3S+. The molecule has 3 N–H and O–H groups in total. The van der Waals surface area contributed by atoms with Crippen LogP contribution in [0.1, 0.15) is 70.0 Å². The van der Waals surface area contributed by atoms with Crippen molar-refractivity contribution >= 4 is 28.2 Å². The largest absolute Gasteiger partial charge is 0.465 e. The molecule has 1 aliphatic heterocycles. The minimum Gasteiger partial charge on any atom is -0.465 e. The first kappa shape index (κ1) is 20.6. The lowest BCUT2D eigenvalue weighted by Crippen LogP contribution is -3.03. The fraction of sp³-hybridized carbons (Fsp3) is 0.455. The summed E-state index contributed by atoms with van der Waals surface area (Å²) in [5.74, 6) is -0.616. The van der Waals surface area contributed by atoms with E-state index in [4.69, 9.17) is 4.74 Å². The van der Waals surface area contributed by atoms with Crippen LogP contribution in [0.4, 0.5) is 5.00 Å². The third kappa shape index (κ3) is 3.71. The summed E-state index contributed by atoms with van der Waals surface area (Å²) < 4.78 is 5.07. The van der Waals surface area contributed by atoms with E-state index in [0.29, 0.717) is 16.1 Å². The van der Waals surface area contributed by atoms with Crippen LogP contribution in [0.25, 0.3) is 0 Å². The number of fused-ring (bicyclic) bond motifs is 1. The second kappa shape index (κ2) is 7.01. The van der Waals surface area contributed by atoms with Gasteiger partial charge in [0.05, 0.1) is 23.1 Å². The molecule has 5 nitrogen and oxygen atoms in total. The van der Waals surface area contributed by atoms with E-state index in [1.807, 2.05) is 32.0 Å². The first-order chi connectivity index (χ1) is 12.9. The number of nitrogens with two attached hydrogens (primary N) is 1. The Kier molecular flexibility index (Phi) is 5.15. The maximum absolute atomic E-state index is 12.9. The van der Waals surface area contributed by atoms with E-state index in [1.165, 1.54) is 18.4 Å². The van der Waals surface area contributed by atoms with Crippen molar-refractivity contribution in [3.05, 3.63) is 50.9 Å². The molecule has 0 bridgehead atoms. The summed E-state index contributed by atoms with van der Waals surface area (Å²) in [6.07, 6.45) is 0.742. The Balaban J connectivity index is 2.06. The van der Waals surface area contributed by atoms with Crippen LogP contribution in [0.15, 0.2) is 18.2 Å². The minimum absolute atomic E-state index is 0.0459. The Hall–Kier alpha value is -2.18. The smallest absolute Gasteiger partial charge is 0.341 e. The SMILES string of the molecule is COC(=O)c1c(NC(=O)c2ccc(C)c(C)c2)sc2c1CC(C)(C)[NH2+]C2(C)C. The molecule has 1 aromatic carbocycles. The molecule has 2 aromatic rings. The number of methoxy groups -OCH3 is 1. The molecule has 0 unspecified atom stereocenters. The number of ether oxygens (including phenoxy) is 1. The number of hydrogen-bond acceptors (Lipinski definition) is 4. The third-order valence-corrected chi connectivity index (χ3v) is 6.85. The summed E-state index contributed by atoms with van der Waals surface area (Å²) in [5, 5.41) is 5.87. The van der Waals surface area contributed by atoms with Crippen molar-refractivity contribution in [1.82, 2.24) is 0 Å². The number of nitrogens with one attached hydrogen (secondary N) is 1. The average molecular weight is 402 g/mol. The van der Waals surface area contributed by atoms with E-state index in [-0.39, 0.29) is 17.0 Å². The number of benzene rings is 1. The molecule has 1 aliphatic rings. The number of anilines is 1. The zero-order valence-electron chi connectivity index (χ0n) is 17.6. The van der Waals surface area contributed by atoms with E-state index in [0.717, 1.165) is 28.0 Å². The van der Waals surface area contributed by atoms with Crippen molar-refractivity contribution in [2.45, 2.75) is 59.0 Å². The highest BCUT2D eigenvalue weighted by Crippen LogP contribution is 2.42. The van der Waals surface area contributed by atoms with Gasteiger partial charge in [0.15, 0.2) is 0 Å². The fourth-order valence-electron chi connectivity index (χ4n) is 4.17. The van der Waals surface area contributed by atoms with Crippen molar-refractivity contribution in [1.29, 1.82) is 0 Å². The maximum atomic E-state index is 12.9. The molecule has 0 spiro atoms. The van der Waals surface area contributed by atoms with Gasteiger partial charge in [-0.05, 0) is 70.4 Å². The van der Waals surface area contributed by atoms with E-state index < -0.39 is 5.97 Å². The fourth-order valence-corrected chi connectivity index (χ4v) is 5.44. The van der Waals surface area contributed by atoms with Gasteiger partial charge in [-0.3, -0.25) is 4.79 Å². The Morgan fingerprint density at radius 1 is 1.14 bits per heavy atom. The third-order valence-electron chi connectivity index (χ3n) is 5.36. The average Bonchev–Trinajstić information content (AvgIpc) is 2.93. The predicted octanol–water partition coefficient (Wildman–Crippen LogP) is 3.54. The maximum Gasteiger partial charge on any atom is 0.341 e. The molecule has 6 heteroatoms. The molecule has 150 valence electrons. The molecule has 0 aliphatic carbocycles. The van der Waals surface area contributed by atoms with Crippen molar-refractivity contribution in [3.63, 3.8) is 0 Å². The van der Waals surface area contributed by atoms with Crippen LogP contribution < -0.4 is 10.6 Å². The molecule has 1 aromatic heterocycles. The summed E-state index contributed by atoms with van der Waals surface area (Å²) in [4.78, 5) is 26.6. The Labute approximate surface area is 170 Å². The van der Waals surface area contributed by atoms with Gasteiger partial charge in [0.2, 0.25) is 0 Å². The van der Waals surface area contributed by atoms with Gasteiger partial charge in [-0.15, -0.1) is 11.3 Å². The summed E-state index contributed by atoms with van der Waals surface area (Å²) in [5.41, 5.74) is 4.03. The van der Waals surface area contributed by atoms with Crippen LogP contribution in [-0.4, -0.2) is 24.5 Å². The molecular weight excluding hydrogens is 372 g/mol. The number of quaternary nitrogens is 1. The van der Waals surface area contributed by atoms with Crippen molar-refractivity contribution < 1.29 is 19.6 Å². The second-order valence-electron chi connectivity index (χ2n) is 8.89. The summed E-state index contributed by atoms with van der Waals surface area (Å²) in [7, 11) is 1.38. The van der Waals surface area contributed by atoms with Gasteiger partial charge in [0.25, 0.3) is 5.91 Å². The summed E-state index contributed by atoms with van der Waals surface area (Å²) in [6.45, 7) is 12.6. The van der Waals surface area contributed by atoms with Gasteiger partial charge in [-0.1, -0.05) is 6.07 Å². The highest BCUT2D eigenvalue weighted by molar-refractivity contribution is 7.17. The molecule has 0 saturated carbocycles. The number of amides is 1. The minimum atomic E-state index is -0.401. The predicted molar refractivity (Wildman–Crippen MR) is 112 cm³/mol. The lowest BCUT2D eigenvalue weighted by atomic mass is 9.81. The van der Waals surface area contributed by atoms with Gasteiger partial charge in [0.1, 0.15) is 10.5 Å². The van der Waals surface area contributed by atoms with Crippen molar-refractivity contribution in [2.75, 3.05) is 12.4 Å². The molecule has 1 amide bonds. The quantitative estimate of drug-likeness (QED) is 0.773. The molecule has 0 radical (unpaired) electrons. The monoisotopic (exact) mass is 401 g/mol. The van der Waals surface area contributed by atoms with E-state index in [9.17, 15) is 9.59 Å². The van der Waals surface area contributed by atoms with E-state index >= 15 is 0 Å². The van der Waals surface area contributed by atoms with Crippen LogP contribution in [0.3, 0.4) is 0 Å². The van der Waals surface area contributed by atoms with Crippen LogP contribution in [0, 0.1) is 13.8 Å². The Morgan fingerprint density at radius 3 is 2.43 bits per heavy atom. The number of esters is 1. The standard InChI is InChI=1S/C22H28N2O3S/c1-12-8-9-14(10-13(12)2)18(25)23-19-16(20(26)27-7)15-11-21(3,4)24-22(5,6)17(15)28-19/h8-10,24H,11H2,1-7H3,(H,23,25)/p+1. The van der Waals surface area contributed by atoms with Crippen LogP contribution >= 0.6 is 11.3 Å². The normalized spacial score (nSPS) is 17.0. The van der Waals surface area contributed by atoms with Crippen molar-refractivity contribution in [3.8, 4) is 0 Å². The first-order valence-electron chi connectivity index (χ1n) is 9.45. The highest BCUT2D eigenvalue weighted by Gasteiger charge is 2.45. The first-order valence-corrected chi connectivity index (χ1v) is 10.3. The number of carbonyl (C=O) groups excluding carboxylic acids is 2. The lowest BCUT2D eigenvalue weighted by Gasteiger charge is -2.38. The lowest BCUT2D eigenvalue weighted by molar-refractivity contribution is -0.789. The molecule has 0 atom stereocenters. The number of hydrogen-bond donors (Lipinski definition) is 2. The zero-order valence-corrected chi connectivity index (χ0v) is 18.5. The van der Waals surface area contributed by atoms with Gasteiger partial charge < -0.3 is 15.4 Å². The Bertz CT molecular complexity index is 957. The number of carbonyl (C=O) groups is 2. The molecule has 0 saturated heterocycles. The number of rotatable bonds is 3. The van der Waals surface area contributed by atoms with Crippen molar-refractivity contribution in [2.24, 2.45) is 0 Å². The zero-order chi connectivity index (χ0) is 20.9. The molecule has 0 fully saturated rings. The van der Waals surface area contributed by atoms with Gasteiger partial charge in [-0.2, -0.15) is 0 Å². The highest BCUT2D eigenvalue weighted by atomic mass is 32.1. The second-order valence-corrected chi connectivity index (χ2v) is 9.91. The van der Waals surface area contributed by atoms with Crippen LogP contribution in [0.2, 0.25) is 0 Å². The molecule has 28 heavy (non-hydrogen) atoms. The Morgan fingerprint density at radius 2 is 1.82 bits per heavy atom. The molecule has 3 rings (SSSR count). The van der Waals surface area contributed by atoms with E-state index in [2.05, 4.69) is 38.3 Å². The topological polar surface area (TPSA) is 72.0 Å². The number of thiophene rings is 1. The van der Waals surface area contributed by atoms with Crippen LogP contribution in [-0.2, 0) is 16.7 Å². The van der Waals surface area contributed by atoms with Gasteiger partial charge >= 0.3 is 5.97 Å². The summed E-state index contributed by atoms with van der Waals surface area (Å²) >= 11 is 1.48. The van der Waals surface area contributed by atoms with E-state index in [1.54, 1.807) is 0 Å². The molecule has 2 heterocycles. The van der Waals surface area contributed by atoms with Crippen LogP contribution in [0.5, 0.6) is 0 Å². The summed E-state index contributed by atoms with van der Waals surface area (Å²) in [6, 6.07) is 5.62. The number of aryl methyl sites for hydroxylation is 2.